The van der Waals surface area contributed by atoms with Crippen molar-refractivity contribution in [1.29, 1.82) is 0 Å². The zero-order chi connectivity index (χ0) is 17.9. The lowest BCUT2D eigenvalue weighted by molar-refractivity contribution is -0.137. The minimum absolute atomic E-state index is 0.0407. The van der Waals surface area contributed by atoms with E-state index >= 15 is 0 Å². The average molecular weight is 352 g/mol. The summed E-state index contributed by atoms with van der Waals surface area (Å²) in [5, 5.41) is 9.97. The topological polar surface area (TPSA) is 82.2 Å². The van der Waals surface area contributed by atoms with Gasteiger partial charge in [-0.2, -0.15) is 18.3 Å². The van der Waals surface area contributed by atoms with E-state index in [9.17, 15) is 18.0 Å². The van der Waals surface area contributed by atoms with Gasteiger partial charge < -0.3 is 14.6 Å². The second-order valence-electron chi connectivity index (χ2n) is 4.88. The van der Waals surface area contributed by atoms with Gasteiger partial charge in [0.25, 0.3) is 5.91 Å². The molecule has 0 fully saturated rings. The Morgan fingerprint density at radius 3 is 2.84 bits per heavy atom. The van der Waals surface area contributed by atoms with Crippen LogP contribution in [0.1, 0.15) is 16.1 Å². The number of carbonyl (C=O) groups excluding carboxylic acids is 1. The first-order valence-corrected chi connectivity index (χ1v) is 6.97. The SMILES string of the molecule is O=C(Nc1ccon1)c1ccn(COc2cccc(C(F)(F)F)c2)n1. The lowest BCUT2D eigenvalue weighted by Gasteiger charge is -2.10. The first-order valence-electron chi connectivity index (χ1n) is 6.97. The number of hydrogen-bond donors (Lipinski definition) is 1. The number of benzene rings is 1. The second-order valence-corrected chi connectivity index (χ2v) is 4.88. The Balaban J connectivity index is 1.61. The van der Waals surface area contributed by atoms with Crippen LogP contribution in [0.15, 0.2) is 53.4 Å². The highest BCUT2D eigenvalue weighted by atomic mass is 19.4. The minimum Gasteiger partial charge on any atom is -0.471 e. The number of halogens is 3. The first kappa shape index (κ1) is 16.6. The molecule has 3 rings (SSSR count). The van der Waals surface area contributed by atoms with E-state index in [4.69, 9.17) is 4.74 Å². The number of rotatable bonds is 5. The Hall–Kier alpha value is -3.30. The summed E-state index contributed by atoms with van der Waals surface area (Å²) < 4.78 is 49.1. The molecule has 0 spiro atoms. The largest absolute Gasteiger partial charge is 0.471 e. The van der Waals surface area contributed by atoms with Crippen LogP contribution in [0.4, 0.5) is 19.0 Å². The fourth-order valence-corrected chi connectivity index (χ4v) is 1.91. The van der Waals surface area contributed by atoms with Crippen LogP contribution < -0.4 is 10.1 Å². The lowest BCUT2D eigenvalue weighted by Crippen LogP contribution is -2.14. The third-order valence-electron chi connectivity index (χ3n) is 3.08. The van der Waals surface area contributed by atoms with Crippen molar-refractivity contribution < 1.29 is 27.2 Å². The van der Waals surface area contributed by atoms with Gasteiger partial charge in [0.05, 0.1) is 5.56 Å². The van der Waals surface area contributed by atoms with Gasteiger partial charge in [0.1, 0.15) is 12.0 Å². The number of nitrogens with zero attached hydrogens (tertiary/aromatic N) is 3. The van der Waals surface area contributed by atoms with Crippen molar-refractivity contribution >= 4 is 11.7 Å². The van der Waals surface area contributed by atoms with Crippen LogP contribution >= 0.6 is 0 Å². The molecule has 1 amide bonds. The molecule has 0 saturated carbocycles. The van der Waals surface area contributed by atoms with Crippen LogP contribution in [-0.4, -0.2) is 20.8 Å². The predicted octanol–water partition coefficient (Wildman–Crippen LogP) is 3.18. The number of anilines is 1. The monoisotopic (exact) mass is 352 g/mol. The number of carbonyl (C=O) groups is 1. The van der Waals surface area contributed by atoms with Crippen molar-refractivity contribution in [3.05, 3.63) is 60.1 Å². The molecule has 0 saturated heterocycles. The van der Waals surface area contributed by atoms with Crippen LogP contribution in [0.3, 0.4) is 0 Å². The number of ether oxygens (including phenoxy) is 1. The maximum Gasteiger partial charge on any atom is 0.416 e. The summed E-state index contributed by atoms with van der Waals surface area (Å²) in [6, 6.07) is 7.39. The number of amides is 1. The third kappa shape index (κ3) is 4.16. The van der Waals surface area contributed by atoms with Gasteiger partial charge >= 0.3 is 6.18 Å². The summed E-state index contributed by atoms with van der Waals surface area (Å²) in [6.07, 6.45) is -1.68. The van der Waals surface area contributed by atoms with Crippen molar-refractivity contribution in [3.63, 3.8) is 0 Å². The van der Waals surface area contributed by atoms with Gasteiger partial charge in [-0.1, -0.05) is 11.2 Å². The summed E-state index contributed by atoms with van der Waals surface area (Å²) in [7, 11) is 0. The highest BCUT2D eigenvalue weighted by Crippen LogP contribution is 2.31. The molecule has 3 aromatic rings. The number of nitrogens with one attached hydrogen (secondary N) is 1. The van der Waals surface area contributed by atoms with E-state index in [0.29, 0.717) is 0 Å². The molecule has 0 unspecified atom stereocenters. The predicted molar refractivity (Wildman–Crippen MR) is 78.8 cm³/mol. The van der Waals surface area contributed by atoms with E-state index in [1.54, 1.807) is 0 Å². The molecular formula is C15H11F3N4O3. The first-order chi connectivity index (χ1) is 11.9. The van der Waals surface area contributed by atoms with Gasteiger partial charge in [0.2, 0.25) is 0 Å². The molecule has 2 heterocycles. The maximum atomic E-state index is 12.6. The molecule has 1 N–H and O–H groups in total. The Morgan fingerprint density at radius 2 is 2.12 bits per heavy atom. The normalized spacial score (nSPS) is 11.3. The second kappa shape index (κ2) is 6.67. The minimum atomic E-state index is -4.45. The van der Waals surface area contributed by atoms with Gasteiger partial charge in [-0.25, -0.2) is 4.68 Å². The fraction of sp³-hybridized carbons (Fsp3) is 0.133. The molecule has 0 aliphatic rings. The van der Waals surface area contributed by atoms with Gasteiger partial charge in [-0.15, -0.1) is 0 Å². The Kier molecular flexibility index (Phi) is 4.42. The molecule has 0 aliphatic heterocycles. The van der Waals surface area contributed by atoms with Gasteiger partial charge in [0, 0.05) is 12.3 Å². The standard InChI is InChI=1S/C15H11F3N4O3/c16-15(17,18)10-2-1-3-11(8-10)24-9-22-6-4-12(20-22)14(23)19-13-5-7-25-21-13/h1-8H,9H2,(H,19,21,23). The highest BCUT2D eigenvalue weighted by molar-refractivity contribution is 6.02. The van der Waals surface area contributed by atoms with Gasteiger partial charge in [0.15, 0.2) is 18.2 Å². The molecule has 10 heteroatoms. The summed E-state index contributed by atoms with van der Waals surface area (Å²) in [6.45, 7) is -0.154. The van der Waals surface area contributed by atoms with Crippen LogP contribution in [0.2, 0.25) is 0 Å². The number of alkyl halides is 3. The fourth-order valence-electron chi connectivity index (χ4n) is 1.91. The number of hydrogen-bond acceptors (Lipinski definition) is 5. The van der Waals surface area contributed by atoms with Gasteiger partial charge in [-0.05, 0) is 24.3 Å². The zero-order valence-electron chi connectivity index (χ0n) is 12.5. The van der Waals surface area contributed by atoms with E-state index in [1.807, 2.05) is 0 Å². The average Bonchev–Trinajstić information content (AvgIpc) is 3.24. The molecule has 7 nitrogen and oxygen atoms in total. The zero-order valence-corrected chi connectivity index (χ0v) is 12.5. The van der Waals surface area contributed by atoms with Crippen molar-refractivity contribution in [3.8, 4) is 5.75 Å². The van der Waals surface area contributed by atoms with E-state index in [2.05, 4.69) is 20.1 Å². The van der Waals surface area contributed by atoms with Crippen molar-refractivity contribution in [2.24, 2.45) is 0 Å². The molecule has 0 radical (unpaired) electrons. The molecule has 130 valence electrons. The molecule has 0 bridgehead atoms. The molecular weight excluding hydrogens is 341 g/mol. The Labute approximate surface area is 139 Å². The summed E-state index contributed by atoms with van der Waals surface area (Å²) >= 11 is 0. The van der Waals surface area contributed by atoms with Gasteiger partial charge in [-0.3, -0.25) is 4.79 Å². The van der Waals surface area contributed by atoms with Crippen molar-refractivity contribution in [2.45, 2.75) is 12.9 Å². The van der Waals surface area contributed by atoms with E-state index in [1.165, 1.54) is 41.4 Å². The van der Waals surface area contributed by atoms with E-state index in [0.717, 1.165) is 12.1 Å². The Bertz CT molecular complexity index is 859. The summed E-state index contributed by atoms with van der Waals surface area (Å²) in [5.74, 6) is -0.231. The van der Waals surface area contributed by atoms with Crippen molar-refractivity contribution in [1.82, 2.24) is 14.9 Å². The maximum absolute atomic E-state index is 12.6. The Morgan fingerprint density at radius 1 is 1.28 bits per heavy atom. The number of aromatic nitrogens is 3. The van der Waals surface area contributed by atoms with Crippen LogP contribution in [0.25, 0.3) is 0 Å². The van der Waals surface area contributed by atoms with Crippen LogP contribution in [0, 0.1) is 0 Å². The van der Waals surface area contributed by atoms with E-state index in [-0.39, 0.29) is 24.0 Å². The molecule has 0 atom stereocenters. The van der Waals surface area contributed by atoms with Crippen molar-refractivity contribution in [2.75, 3.05) is 5.32 Å². The molecule has 25 heavy (non-hydrogen) atoms. The van der Waals surface area contributed by atoms with Crippen LogP contribution in [-0.2, 0) is 12.9 Å². The highest BCUT2D eigenvalue weighted by Gasteiger charge is 2.30. The lowest BCUT2D eigenvalue weighted by atomic mass is 10.2. The molecule has 0 aliphatic carbocycles. The smallest absolute Gasteiger partial charge is 0.416 e. The quantitative estimate of drug-likeness (QED) is 0.763. The summed E-state index contributed by atoms with van der Waals surface area (Å²) in [4.78, 5) is 11.9. The summed E-state index contributed by atoms with van der Waals surface area (Å²) in [5.41, 5.74) is -0.714. The molecule has 2 aromatic heterocycles. The van der Waals surface area contributed by atoms with E-state index < -0.39 is 17.6 Å². The third-order valence-corrected chi connectivity index (χ3v) is 3.08. The molecule has 1 aromatic carbocycles. The van der Waals surface area contributed by atoms with Crippen LogP contribution in [0.5, 0.6) is 5.75 Å².